The summed E-state index contributed by atoms with van der Waals surface area (Å²) in [5.74, 6) is 5.04. The quantitative estimate of drug-likeness (QED) is 0.154. The summed E-state index contributed by atoms with van der Waals surface area (Å²) in [6, 6.07) is 30.5. The van der Waals surface area contributed by atoms with E-state index in [2.05, 4.69) is 66.4 Å². The minimum atomic E-state index is -1.03. The topological polar surface area (TPSA) is 26.3 Å². The first kappa shape index (κ1) is 21.9. The van der Waals surface area contributed by atoms with Crippen molar-refractivity contribution in [1.29, 1.82) is 0 Å². The molecule has 0 atom stereocenters. The van der Waals surface area contributed by atoms with Crippen LogP contribution in [0.15, 0.2) is 97.1 Å². The van der Waals surface area contributed by atoms with E-state index >= 15 is 0 Å². The van der Waals surface area contributed by atoms with Crippen LogP contribution in [0.2, 0.25) is 0 Å². The Morgan fingerprint density at radius 1 is 0.824 bits per heavy atom. The Bertz CT molecular complexity index is 1550. The number of carbonyl (C=O) groups excluding carboxylic acids is 1. The zero-order valence-electron chi connectivity index (χ0n) is 18.8. The van der Waals surface area contributed by atoms with Crippen LogP contribution in [-0.4, -0.2) is 11.6 Å². The Morgan fingerprint density at radius 3 is 2.15 bits per heavy atom. The van der Waals surface area contributed by atoms with Crippen LogP contribution in [0.1, 0.15) is 29.8 Å². The molecule has 0 fully saturated rings. The number of hydrogen-bond donors (Lipinski definition) is 0. The molecule has 4 heteroatoms. The highest BCUT2D eigenvalue weighted by Gasteiger charge is 2.26. The van der Waals surface area contributed by atoms with Crippen molar-refractivity contribution in [2.45, 2.75) is 19.4 Å². The summed E-state index contributed by atoms with van der Waals surface area (Å²) in [5.41, 5.74) is -0.0211. The standard InChI is InChI=1S/C30H22FO2S/c1-30(2,18-17-21-9-7-11-23(31)19-21)33-29(32)22-10-8-12-24(20-22)34-27-15-5-3-13-25(27)26-14-4-6-16-28(26)34/h3-16,19-20H,1-2H3/q+1. The Balaban J connectivity index is 1.48. The smallest absolute Gasteiger partial charge is 0.339 e. The zero-order chi connectivity index (χ0) is 23.7. The normalized spacial score (nSPS) is 11.3. The van der Waals surface area contributed by atoms with Crippen molar-refractivity contribution in [2.75, 3.05) is 0 Å². The fraction of sp³-hybridized carbons (Fsp3) is 0.100. The fourth-order valence-corrected chi connectivity index (χ4v) is 6.39. The third-order valence-electron chi connectivity index (χ3n) is 5.49. The second-order valence-electron chi connectivity index (χ2n) is 8.49. The minimum absolute atomic E-state index is 0.292. The van der Waals surface area contributed by atoms with Crippen molar-refractivity contribution in [1.82, 2.24) is 0 Å². The van der Waals surface area contributed by atoms with Crippen molar-refractivity contribution in [3.8, 4) is 16.7 Å². The molecule has 0 aliphatic heterocycles. The third kappa shape index (κ3) is 4.31. The monoisotopic (exact) mass is 465 g/mol. The number of esters is 1. The highest BCUT2D eigenvalue weighted by Crippen LogP contribution is 2.48. The largest absolute Gasteiger partial charge is 0.443 e. The fourth-order valence-electron chi connectivity index (χ4n) is 3.96. The van der Waals surface area contributed by atoms with Gasteiger partial charge in [-0.25, -0.2) is 9.18 Å². The van der Waals surface area contributed by atoms with E-state index in [0.29, 0.717) is 11.1 Å². The average Bonchev–Trinajstić information content (AvgIpc) is 3.17. The minimum Gasteiger partial charge on any atom is -0.443 e. The Kier molecular flexibility index (Phi) is 5.65. The van der Waals surface area contributed by atoms with Crippen LogP contribution < -0.4 is 0 Å². The molecule has 166 valence electrons. The number of ether oxygens (including phenoxy) is 1. The average molecular weight is 466 g/mol. The molecule has 1 aromatic heterocycles. The molecular weight excluding hydrogens is 443 g/mol. The van der Waals surface area contributed by atoms with Crippen molar-refractivity contribution in [3.05, 3.63) is 114 Å². The van der Waals surface area contributed by atoms with Gasteiger partial charge >= 0.3 is 5.97 Å². The van der Waals surface area contributed by atoms with Gasteiger partial charge in [0.2, 0.25) is 0 Å². The second-order valence-corrected chi connectivity index (χ2v) is 10.4. The van der Waals surface area contributed by atoms with Gasteiger partial charge in [0.1, 0.15) is 5.82 Å². The highest BCUT2D eigenvalue weighted by molar-refractivity contribution is 7.50. The maximum atomic E-state index is 13.4. The van der Waals surface area contributed by atoms with Gasteiger partial charge in [0.25, 0.3) is 0 Å². The van der Waals surface area contributed by atoms with Gasteiger partial charge < -0.3 is 4.74 Å². The Hall–Kier alpha value is -3.94. The molecule has 4 aromatic carbocycles. The van der Waals surface area contributed by atoms with E-state index in [4.69, 9.17) is 4.74 Å². The first-order valence-electron chi connectivity index (χ1n) is 11.0. The molecule has 2 nitrogen and oxygen atoms in total. The van der Waals surface area contributed by atoms with Crippen molar-refractivity contribution >= 4 is 36.6 Å². The summed E-state index contributed by atoms with van der Waals surface area (Å²) in [6.07, 6.45) is 0. The molecule has 0 N–H and O–H groups in total. The van der Waals surface area contributed by atoms with Gasteiger partial charge in [0.05, 0.1) is 5.56 Å². The van der Waals surface area contributed by atoms with Crippen LogP contribution in [0, 0.1) is 17.7 Å². The maximum absolute atomic E-state index is 13.4. The van der Waals surface area contributed by atoms with E-state index in [1.165, 1.54) is 32.3 Å². The highest BCUT2D eigenvalue weighted by atomic mass is 32.2. The van der Waals surface area contributed by atoms with Gasteiger partial charge in [-0.05, 0) is 68.4 Å². The number of hydrogen-bond acceptors (Lipinski definition) is 2. The molecule has 0 bridgehead atoms. The van der Waals surface area contributed by atoms with Gasteiger partial charge in [0, 0.05) is 32.9 Å². The molecule has 1 heterocycles. The van der Waals surface area contributed by atoms with E-state index in [1.54, 1.807) is 32.0 Å². The van der Waals surface area contributed by atoms with E-state index < -0.39 is 11.6 Å². The molecule has 0 aliphatic rings. The second kappa shape index (κ2) is 8.78. The van der Waals surface area contributed by atoms with E-state index in [0.717, 1.165) is 4.90 Å². The van der Waals surface area contributed by atoms with Gasteiger partial charge in [-0.2, -0.15) is 0 Å². The number of rotatable bonds is 3. The zero-order valence-corrected chi connectivity index (χ0v) is 19.7. The van der Waals surface area contributed by atoms with E-state index in [-0.39, 0.29) is 16.3 Å². The molecular formula is C30H22FO2S+. The number of carbonyl (C=O) groups is 1. The first-order valence-corrected chi connectivity index (χ1v) is 12.2. The van der Waals surface area contributed by atoms with Crippen LogP contribution in [0.4, 0.5) is 4.39 Å². The van der Waals surface area contributed by atoms with Crippen LogP contribution in [0.5, 0.6) is 0 Å². The molecule has 0 saturated carbocycles. The summed E-state index contributed by atoms with van der Waals surface area (Å²) in [5, 5.41) is 2.48. The molecule has 5 rings (SSSR count). The van der Waals surface area contributed by atoms with Crippen LogP contribution >= 0.6 is 10.5 Å². The number of fused-ring (bicyclic) bond motifs is 3. The molecule has 5 aromatic rings. The molecule has 0 unspecified atom stereocenters. The molecule has 0 amide bonds. The predicted octanol–water partition coefficient (Wildman–Crippen LogP) is 7.86. The first-order chi connectivity index (χ1) is 16.4. The Labute approximate surface area is 200 Å². The lowest BCUT2D eigenvalue weighted by atomic mass is 10.1. The number of benzene rings is 4. The van der Waals surface area contributed by atoms with Gasteiger partial charge in [-0.15, -0.1) is 0 Å². The van der Waals surface area contributed by atoms with Crippen molar-refractivity contribution in [2.24, 2.45) is 0 Å². The Morgan fingerprint density at radius 2 is 1.47 bits per heavy atom. The van der Waals surface area contributed by atoms with Crippen LogP contribution in [0.25, 0.3) is 25.1 Å². The molecule has 0 aliphatic carbocycles. The van der Waals surface area contributed by atoms with Crippen molar-refractivity contribution < 1.29 is 13.9 Å². The molecule has 0 radical (unpaired) electrons. The van der Waals surface area contributed by atoms with Gasteiger partial charge in [-0.1, -0.05) is 48.2 Å². The summed E-state index contributed by atoms with van der Waals surface area (Å²) >= 11 is 0. The van der Waals surface area contributed by atoms with Gasteiger partial charge in [-0.3, -0.25) is 0 Å². The predicted molar refractivity (Wildman–Crippen MR) is 138 cm³/mol. The molecule has 0 spiro atoms. The van der Waals surface area contributed by atoms with E-state index in [9.17, 15) is 9.18 Å². The molecule has 0 saturated heterocycles. The maximum Gasteiger partial charge on any atom is 0.339 e. The van der Waals surface area contributed by atoms with Crippen LogP contribution in [-0.2, 0) is 4.74 Å². The SMILES string of the molecule is CC(C)(C#Cc1cccc(F)c1)OC(=O)c1cccc(-[s+]2c3ccccc3c3ccccc32)c1. The van der Waals surface area contributed by atoms with E-state index in [1.807, 2.05) is 12.1 Å². The lowest BCUT2D eigenvalue weighted by molar-refractivity contribution is 0.0204. The summed E-state index contributed by atoms with van der Waals surface area (Å²) in [7, 11) is -0.292. The van der Waals surface area contributed by atoms with Crippen LogP contribution in [0.3, 0.4) is 0 Å². The summed E-state index contributed by atoms with van der Waals surface area (Å²) in [6.45, 7) is 3.46. The third-order valence-corrected chi connectivity index (χ3v) is 7.81. The number of thiophene rings is 1. The lowest BCUT2D eigenvalue weighted by Crippen LogP contribution is -2.26. The van der Waals surface area contributed by atoms with Gasteiger partial charge in [0.15, 0.2) is 19.9 Å². The molecule has 34 heavy (non-hydrogen) atoms. The summed E-state index contributed by atoms with van der Waals surface area (Å²) < 4.78 is 21.7. The van der Waals surface area contributed by atoms with Crippen molar-refractivity contribution in [3.63, 3.8) is 0 Å². The lowest BCUT2D eigenvalue weighted by Gasteiger charge is -2.18. The number of halogens is 1. The summed E-state index contributed by atoms with van der Waals surface area (Å²) in [4.78, 5) is 14.1.